The van der Waals surface area contributed by atoms with E-state index in [4.69, 9.17) is 16.1 Å². The van der Waals surface area contributed by atoms with Crippen LogP contribution in [0.15, 0.2) is 27.6 Å². The molecule has 154 valence electrons. The zero-order chi connectivity index (χ0) is 20.9. The predicted octanol–water partition coefficient (Wildman–Crippen LogP) is 3.45. The average molecular weight is 458 g/mol. The van der Waals surface area contributed by atoms with Crippen molar-refractivity contribution in [1.82, 2.24) is 14.4 Å². The first kappa shape index (κ1) is 20.3. The zero-order valence-electron chi connectivity index (χ0n) is 15.6. The van der Waals surface area contributed by atoms with E-state index in [0.29, 0.717) is 25.7 Å². The SMILES string of the molecule is Cc1noc(C)c1S(=O)(=O)N1CCN(C(=O)c2sc3cc(F)ccc3c2Cl)CC1. The third kappa shape index (κ3) is 3.43. The van der Waals surface area contributed by atoms with Crippen LogP contribution >= 0.6 is 22.9 Å². The van der Waals surface area contributed by atoms with Crippen molar-refractivity contribution < 1.29 is 22.1 Å². The first-order valence-electron chi connectivity index (χ1n) is 8.80. The fourth-order valence-electron chi connectivity index (χ4n) is 3.42. The van der Waals surface area contributed by atoms with Crippen molar-refractivity contribution in [3.8, 4) is 0 Å². The molecule has 1 fully saturated rings. The van der Waals surface area contributed by atoms with Crippen LogP contribution in [0.2, 0.25) is 5.02 Å². The molecule has 0 spiro atoms. The van der Waals surface area contributed by atoms with Gasteiger partial charge in [0.25, 0.3) is 5.91 Å². The summed E-state index contributed by atoms with van der Waals surface area (Å²) < 4.78 is 46.2. The number of carbonyl (C=O) groups is 1. The maximum atomic E-state index is 13.5. The van der Waals surface area contributed by atoms with Gasteiger partial charge in [0.2, 0.25) is 10.0 Å². The second-order valence-corrected chi connectivity index (χ2v) is 10.0. The van der Waals surface area contributed by atoms with E-state index in [1.165, 1.54) is 16.4 Å². The lowest BCUT2D eigenvalue weighted by Gasteiger charge is -2.33. The molecule has 7 nitrogen and oxygen atoms in total. The Kier molecular flexibility index (Phi) is 5.14. The number of rotatable bonds is 3. The summed E-state index contributed by atoms with van der Waals surface area (Å²) in [7, 11) is -3.75. The molecule has 0 saturated carbocycles. The van der Waals surface area contributed by atoms with Crippen LogP contribution in [0, 0.1) is 19.7 Å². The van der Waals surface area contributed by atoms with Gasteiger partial charge in [0.1, 0.15) is 21.3 Å². The Balaban J connectivity index is 1.53. The van der Waals surface area contributed by atoms with Crippen molar-refractivity contribution in [2.24, 2.45) is 0 Å². The highest BCUT2D eigenvalue weighted by Crippen LogP contribution is 2.36. The van der Waals surface area contributed by atoms with Gasteiger partial charge in [0, 0.05) is 36.3 Å². The van der Waals surface area contributed by atoms with Crippen LogP contribution in [0.1, 0.15) is 21.1 Å². The number of fused-ring (bicyclic) bond motifs is 1. The summed E-state index contributed by atoms with van der Waals surface area (Å²) in [4.78, 5) is 14.9. The highest BCUT2D eigenvalue weighted by molar-refractivity contribution is 7.89. The fourth-order valence-corrected chi connectivity index (χ4v) is 6.64. The van der Waals surface area contributed by atoms with Crippen LogP contribution in [0.4, 0.5) is 4.39 Å². The van der Waals surface area contributed by atoms with Crippen LogP contribution in [-0.4, -0.2) is 54.9 Å². The summed E-state index contributed by atoms with van der Waals surface area (Å²) in [5.41, 5.74) is 0.310. The smallest absolute Gasteiger partial charge is 0.265 e. The molecule has 1 saturated heterocycles. The number of hydrogen-bond donors (Lipinski definition) is 0. The summed E-state index contributed by atoms with van der Waals surface area (Å²) in [5, 5.41) is 4.63. The number of aromatic nitrogens is 1. The van der Waals surface area contributed by atoms with Gasteiger partial charge in [-0.1, -0.05) is 16.8 Å². The Labute approximate surface area is 175 Å². The van der Waals surface area contributed by atoms with Crippen LogP contribution < -0.4 is 0 Å². The van der Waals surface area contributed by atoms with Gasteiger partial charge < -0.3 is 9.42 Å². The molecular formula is C18H17ClFN3O4S2. The Morgan fingerprint density at radius 3 is 2.55 bits per heavy atom. The maximum Gasteiger partial charge on any atom is 0.265 e. The number of sulfonamides is 1. The number of hydrogen-bond acceptors (Lipinski definition) is 6. The fraction of sp³-hybridized carbons (Fsp3) is 0.333. The minimum Gasteiger partial charge on any atom is -0.360 e. The molecule has 0 aliphatic carbocycles. The number of thiophene rings is 1. The van der Waals surface area contributed by atoms with Crippen LogP contribution in [0.25, 0.3) is 10.1 Å². The quantitative estimate of drug-likeness (QED) is 0.601. The van der Waals surface area contributed by atoms with Crippen LogP contribution in [0.5, 0.6) is 0 Å². The molecule has 0 radical (unpaired) electrons. The second kappa shape index (κ2) is 7.35. The van der Waals surface area contributed by atoms with E-state index < -0.39 is 15.8 Å². The standard InChI is InChI=1S/C18H17ClFN3O4S2/c1-10-17(11(2)27-21-10)29(25,26)23-7-5-22(6-8-23)18(24)16-15(19)13-4-3-12(20)9-14(13)28-16/h3-4,9H,5-8H2,1-2H3. The van der Waals surface area contributed by atoms with E-state index in [1.807, 2.05) is 0 Å². The van der Waals surface area contributed by atoms with Gasteiger partial charge in [-0.2, -0.15) is 4.31 Å². The first-order chi connectivity index (χ1) is 13.7. The minimum atomic E-state index is -3.75. The summed E-state index contributed by atoms with van der Waals surface area (Å²) in [6.45, 7) is 3.87. The third-order valence-corrected chi connectivity index (χ3v) is 8.67. The Morgan fingerprint density at radius 1 is 1.24 bits per heavy atom. The lowest BCUT2D eigenvalue weighted by atomic mass is 10.2. The number of aryl methyl sites for hydroxylation is 2. The number of amides is 1. The van der Waals surface area contributed by atoms with E-state index in [-0.39, 0.29) is 42.7 Å². The first-order valence-corrected chi connectivity index (χ1v) is 11.4. The number of halogens is 2. The summed E-state index contributed by atoms with van der Waals surface area (Å²) in [6, 6.07) is 4.19. The normalized spacial score (nSPS) is 15.9. The molecule has 1 aliphatic heterocycles. The minimum absolute atomic E-state index is 0.0758. The molecule has 11 heteroatoms. The van der Waals surface area contributed by atoms with Crippen molar-refractivity contribution >= 4 is 49.0 Å². The maximum absolute atomic E-state index is 13.5. The molecule has 2 aromatic heterocycles. The van der Waals surface area contributed by atoms with Crippen molar-refractivity contribution in [1.29, 1.82) is 0 Å². The van der Waals surface area contributed by atoms with Gasteiger partial charge in [-0.3, -0.25) is 4.79 Å². The molecule has 0 atom stereocenters. The molecule has 3 aromatic rings. The molecule has 0 unspecified atom stereocenters. The van der Waals surface area contributed by atoms with Crippen molar-refractivity contribution in [2.75, 3.05) is 26.2 Å². The van der Waals surface area contributed by atoms with Gasteiger partial charge in [-0.15, -0.1) is 11.3 Å². The molecular weight excluding hydrogens is 441 g/mol. The molecule has 3 heterocycles. The highest BCUT2D eigenvalue weighted by atomic mass is 35.5. The van der Waals surface area contributed by atoms with E-state index in [2.05, 4.69) is 5.16 Å². The summed E-state index contributed by atoms with van der Waals surface area (Å²) in [6.07, 6.45) is 0. The molecule has 1 aliphatic rings. The van der Waals surface area contributed by atoms with E-state index in [0.717, 1.165) is 11.3 Å². The van der Waals surface area contributed by atoms with E-state index in [1.54, 1.807) is 24.8 Å². The van der Waals surface area contributed by atoms with Crippen molar-refractivity contribution in [3.63, 3.8) is 0 Å². The topological polar surface area (TPSA) is 83.7 Å². The molecule has 1 amide bonds. The van der Waals surface area contributed by atoms with Gasteiger partial charge >= 0.3 is 0 Å². The van der Waals surface area contributed by atoms with Crippen molar-refractivity contribution in [3.05, 3.63) is 45.4 Å². The van der Waals surface area contributed by atoms with Crippen LogP contribution in [-0.2, 0) is 10.0 Å². The highest BCUT2D eigenvalue weighted by Gasteiger charge is 2.35. The third-order valence-electron chi connectivity index (χ3n) is 4.88. The molecule has 0 bridgehead atoms. The second-order valence-electron chi connectivity index (χ2n) is 6.74. The summed E-state index contributed by atoms with van der Waals surface area (Å²) in [5.74, 6) is -0.441. The number of carbonyl (C=O) groups excluding carboxylic acids is 1. The lowest BCUT2D eigenvalue weighted by molar-refractivity contribution is 0.0703. The average Bonchev–Trinajstić information content (AvgIpc) is 3.20. The predicted molar refractivity (Wildman–Crippen MR) is 107 cm³/mol. The monoisotopic (exact) mass is 457 g/mol. The number of piperazine rings is 1. The van der Waals surface area contributed by atoms with Gasteiger partial charge in [0.05, 0.1) is 5.02 Å². The molecule has 1 aromatic carbocycles. The van der Waals surface area contributed by atoms with Gasteiger partial charge in [0.15, 0.2) is 5.76 Å². The Hall–Kier alpha value is -2.01. The van der Waals surface area contributed by atoms with E-state index >= 15 is 0 Å². The number of benzene rings is 1. The zero-order valence-corrected chi connectivity index (χ0v) is 18.0. The molecule has 29 heavy (non-hydrogen) atoms. The Morgan fingerprint density at radius 2 is 1.93 bits per heavy atom. The summed E-state index contributed by atoms with van der Waals surface area (Å²) >= 11 is 7.48. The van der Waals surface area contributed by atoms with Gasteiger partial charge in [-0.05, 0) is 32.0 Å². The number of nitrogens with zero attached hydrogens (tertiary/aromatic N) is 3. The lowest BCUT2D eigenvalue weighted by Crippen LogP contribution is -2.50. The van der Waals surface area contributed by atoms with Crippen LogP contribution in [0.3, 0.4) is 0 Å². The Bertz CT molecular complexity index is 1190. The molecule has 0 N–H and O–H groups in total. The van der Waals surface area contributed by atoms with E-state index in [9.17, 15) is 17.6 Å². The van der Waals surface area contributed by atoms with Gasteiger partial charge in [-0.25, -0.2) is 12.8 Å². The van der Waals surface area contributed by atoms with Crippen molar-refractivity contribution in [2.45, 2.75) is 18.7 Å². The molecule has 4 rings (SSSR count). The largest absolute Gasteiger partial charge is 0.360 e.